The lowest BCUT2D eigenvalue weighted by Gasteiger charge is -2.25. The van der Waals surface area contributed by atoms with E-state index in [0.717, 1.165) is 64.2 Å². The largest absolute Gasteiger partial charge is 0.472 e. The third-order valence-electron chi connectivity index (χ3n) is 15.2. The Balaban J connectivity index is 4.13. The molecular weight excluding hydrogens is 996 g/mol. The Labute approximate surface area is 491 Å². The maximum Gasteiger partial charge on any atom is 0.472 e. The van der Waals surface area contributed by atoms with Crippen LogP contribution in [-0.2, 0) is 18.4 Å². The Bertz CT molecular complexity index is 1520. The van der Waals surface area contributed by atoms with Crippen LogP contribution in [0.25, 0.3) is 0 Å². The van der Waals surface area contributed by atoms with Gasteiger partial charge in [0, 0.05) is 6.42 Å². The van der Waals surface area contributed by atoms with Gasteiger partial charge in [0.05, 0.1) is 39.9 Å². The fourth-order valence-electron chi connectivity index (χ4n) is 9.94. The second-order valence-electron chi connectivity index (χ2n) is 24.2. The number of carbonyl (C=O) groups is 1. The lowest BCUT2D eigenvalue weighted by Crippen LogP contribution is -2.45. The van der Waals surface area contributed by atoms with Gasteiger partial charge >= 0.3 is 7.82 Å². The first-order valence-electron chi connectivity index (χ1n) is 33.8. The molecule has 0 aliphatic carbocycles. The number of amides is 1. The molecule has 0 fully saturated rings. The van der Waals surface area contributed by atoms with Crippen LogP contribution in [0.2, 0.25) is 0 Å². The molecule has 8 nitrogen and oxygen atoms in total. The molecule has 0 aromatic heterocycles. The summed E-state index contributed by atoms with van der Waals surface area (Å²) in [5.74, 6) is -0.186. The van der Waals surface area contributed by atoms with Crippen molar-refractivity contribution in [2.75, 3.05) is 40.9 Å². The highest BCUT2D eigenvalue weighted by atomic mass is 31.2. The first-order chi connectivity index (χ1) is 38.5. The molecule has 0 aliphatic heterocycles. The highest BCUT2D eigenvalue weighted by molar-refractivity contribution is 7.47. The molecule has 1 amide bonds. The lowest BCUT2D eigenvalue weighted by molar-refractivity contribution is -0.870. The lowest BCUT2D eigenvalue weighted by atomic mass is 10.0. The van der Waals surface area contributed by atoms with Gasteiger partial charge in [-0.1, -0.05) is 311 Å². The fourth-order valence-corrected chi connectivity index (χ4v) is 10.7. The molecule has 3 atom stereocenters. The average Bonchev–Trinajstić information content (AvgIpc) is 3.42. The summed E-state index contributed by atoms with van der Waals surface area (Å²) in [6.45, 7) is 4.72. The molecule has 0 aromatic carbocycles. The molecule has 0 heterocycles. The summed E-state index contributed by atoms with van der Waals surface area (Å²) in [6, 6.07) is -0.868. The molecule has 3 unspecified atom stereocenters. The van der Waals surface area contributed by atoms with Crippen molar-refractivity contribution in [1.29, 1.82) is 0 Å². The number of phosphoric acid groups is 1. The number of nitrogens with one attached hydrogen (secondary N) is 1. The minimum atomic E-state index is -4.36. The molecule has 0 saturated heterocycles. The summed E-state index contributed by atoms with van der Waals surface area (Å²) in [6.07, 6.45) is 84.8. The Hall–Kier alpha value is -2.06. The van der Waals surface area contributed by atoms with Crippen LogP contribution in [0.3, 0.4) is 0 Å². The van der Waals surface area contributed by atoms with Crippen LogP contribution in [-0.4, -0.2) is 73.4 Å². The van der Waals surface area contributed by atoms with Gasteiger partial charge in [-0.05, 0) is 70.6 Å². The summed E-state index contributed by atoms with van der Waals surface area (Å²) in [7, 11) is 1.56. The second-order valence-corrected chi connectivity index (χ2v) is 25.6. The number of unbranched alkanes of at least 4 members (excludes halogenated alkanes) is 39. The number of aliphatic hydroxyl groups is 1. The molecule has 79 heavy (non-hydrogen) atoms. The third-order valence-corrected chi connectivity index (χ3v) is 16.1. The smallest absolute Gasteiger partial charge is 0.387 e. The first kappa shape index (κ1) is 76.9. The van der Waals surface area contributed by atoms with Crippen LogP contribution in [0.4, 0.5) is 0 Å². The van der Waals surface area contributed by atoms with Crippen molar-refractivity contribution < 1.29 is 32.9 Å². The van der Waals surface area contributed by atoms with Crippen LogP contribution in [0.5, 0.6) is 0 Å². The molecule has 0 aliphatic rings. The van der Waals surface area contributed by atoms with Crippen molar-refractivity contribution >= 4 is 13.7 Å². The van der Waals surface area contributed by atoms with Gasteiger partial charge in [0.1, 0.15) is 13.2 Å². The van der Waals surface area contributed by atoms with Crippen LogP contribution < -0.4 is 5.32 Å². The molecule has 0 rings (SSSR count). The van der Waals surface area contributed by atoms with Crippen molar-refractivity contribution in [3.05, 3.63) is 72.9 Å². The Morgan fingerprint density at radius 1 is 0.443 bits per heavy atom. The van der Waals surface area contributed by atoms with Crippen LogP contribution >= 0.6 is 7.82 Å². The second kappa shape index (κ2) is 60.5. The normalized spacial score (nSPS) is 14.2. The van der Waals surface area contributed by atoms with Gasteiger partial charge in [-0.15, -0.1) is 0 Å². The van der Waals surface area contributed by atoms with Gasteiger partial charge in [-0.25, -0.2) is 4.57 Å². The van der Waals surface area contributed by atoms with Crippen molar-refractivity contribution in [2.45, 2.75) is 328 Å². The number of phosphoric ester groups is 1. The SMILES string of the molecule is CC/C=C\C/C=C\C/C=C\C/C=C\CCCCCCCCCCCCCCCCC(=O)NC(COP(=O)(O)OCC[N+](C)(C)C)C(O)/C=C/CC/C=C/CCCCCCCCCCCCCCCCCCCCCCCCCC. The number of hydrogen-bond acceptors (Lipinski definition) is 5. The van der Waals surface area contributed by atoms with Crippen molar-refractivity contribution in [3.8, 4) is 0 Å². The summed E-state index contributed by atoms with van der Waals surface area (Å²) in [5, 5.41) is 14.0. The average molecular weight is 1130 g/mol. The number of rotatable bonds is 62. The van der Waals surface area contributed by atoms with E-state index >= 15 is 0 Å². The van der Waals surface area contributed by atoms with Crippen LogP contribution in [0, 0.1) is 0 Å². The van der Waals surface area contributed by atoms with E-state index in [1.165, 1.54) is 231 Å². The number of hydrogen-bond donors (Lipinski definition) is 3. The van der Waals surface area contributed by atoms with Crippen molar-refractivity contribution in [3.63, 3.8) is 0 Å². The topological polar surface area (TPSA) is 105 Å². The van der Waals surface area contributed by atoms with Crippen molar-refractivity contribution in [2.24, 2.45) is 0 Å². The van der Waals surface area contributed by atoms with E-state index in [0.29, 0.717) is 17.4 Å². The molecule has 9 heteroatoms. The zero-order valence-electron chi connectivity index (χ0n) is 52.9. The van der Waals surface area contributed by atoms with E-state index in [1.807, 2.05) is 27.2 Å². The number of quaternary nitrogens is 1. The summed E-state index contributed by atoms with van der Waals surface area (Å²) >= 11 is 0. The summed E-state index contributed by atoms with van der Waals surface area (Å²) in [5.41, 5.74) is 0. The Morgan fingerprint density at radius 3 is 1.16 bits per heavy atom. The van der Waals surface area contributed by atoms with Gasteiger partial charge in [0.2, 0.25) is 5.91 Å². The Kier molecular flexibility index (Phi) is 59.0. The number of aliphatic hydroxyl groups excluding tert-OH is 1. The van der Waals surface area contributed by atoms with E-state index in [1.54, 1.807) is 6.08 Å². The van der Waals surface area contributed by atoms with Gasteiger partial charge in [0.15, 0.2) is 0 Å². The molecule has 0 spiro atoms. The van der Waals surface area contributed by atoms with Crippen LogP contribution in [0.15, 0.2) is 72.9 Å². The first-order valence-corrected chi connectivity index (χ1v) is 35.3. The van der Waals surface area contributed by atoms with E-state index in [2.05, 4.69) is 79.9 Å². The quantitative estimate of drug-likeness (QED) is 0.0243. The van der Waals surface area contributed by atoms with Gasteiger partial charge < -0.3 is 19.8 Å². The van der Waals surface area contributed by atoms with E-state index in [9.17, 15) is 19.4 Å². The fraction of sp³-hybridized carbons (Fsp3) is 0.814. The third kappa shape index (κ3) is 63.4. The number of allylic oxidation sites excluding steroid dienone is 11. The molecular formula is C70H132N2O6P+. The number of nitrogens with zero attached hydrogens (tertiary/aromatic N) is 1. The highest BCUT2D eigenvalue weighted by Gasteiger charge is 2.28. The molecule has 462 valence electrons. The molecule has 3 N–H and O–H groups in total. The molecule has 0 bridgehead atoms. The standard InChI is InChI=1S/C70H131N2O6P/c1-6-8-10-12-14-16-18-20-22-24-26-28-30-32-34-35-36-38-39-41-43-45-47-49-51-53-55-57-59-61-63-69(73)68(67-78-79(75,76)77-66-65-72(3,4)5)71-70(74)64-62-60-58-56-54-52-50-48-46-44-42-40-37-33-31-29-27-25-23-21-19-17-15-13-11-9-7-2/h9,11,15,17,21,23,27,29,53,55,61,63,68-69,73H,6-8,10,12-14,16,18-20,22,24-26,28,30-52,54,56-60,62,64-67H2,1-5H3,(H-,71,74,75,76)/p+1/b11-9-,17-15-,23-21-,29-27-,55-53+,63-61+. The zero-order chi connectivity index (χ0) is 57.7. The monoisotopic (exact) mass is 1130 g/mol. The predicted molar refractivity (Wildman–Crippen MR) is 346 cm³/mol. The highest BCUT2D eigenvalue weighted by Crippen LogP contribution is 2.43. The Morgan fingerprint density at radius 2 is 0.772 bits per heavy atom. The van der Waals surface area contributed by atoms with Crippen LogP contribution in [0.1, 0.15) is 316 Å². The minimum absolute atomic E-state index is 0.0545. The molecule has 0 radical (unpaired) electrons. The summed E-state index contributed by atoms with van der Waals surface area (Å²) < 4.78 is 23.8. The molecule has 0 saturated carbocycles. The zero-order valence-corrected chi connectivity index (χ0v) is 53.8. The van der Waals surface area contributed by atoms with Gasteiger partial charge in [0.25, 0.3) is 0 Å². The van der Waals surface area contributed by atoms with E-state index in [-0.39, 0.29) is 19.1 Å². The number of likely N-dealkylation sites (N-methyl/N-ethyl adjacent to an activating group) is 1. The summed E-state index contributed by atoms with van der Waals surface area (Å²) in [4.78, 5) is 23.4. The molecule has 0 aromatic rings. The van der Waals surface area contributed by atoms with Crippen molar-refractivity contribution in [1.82, 2.24) is 5.32 Å². The van der Waals surface area contributed by atoms with E-state index < -0.39 is 20.0 Å². The maximum absolute atomic E-state index is 13.0. The van der Waals surface area contributed by atoms with Gasteiger partial charge in [-0.2, -0.15) is 0 Å². The van der Waals surface area contributed by atoms with Gasteiger partial charge in [-0.3, -0.25) is 13.8 Å². The maximum atomic E-state index is 13.0. The number of carbonyl (C=O) groups excluding carboxylic acids is 1. The van der Waals surface area contributed by atoms with E-state index in [4.69, 9.17) is 9.05 Å². The predicted octanol–water partition coefficient (Wildman–Crippen LogP) is 21.4. The minimum Gasteiger partial charge on any atom is -0.387 e.